The van der Waals surface area contributed by atoms with Crippen LogP contribution in [0, 0.1) is 0 Å². The highest BCUT2D eigenvalue weighted by Gasteiger charge is 2.24. The van der Waals surface area contributed by atoms with Crippen LogP contribution in [0.2, 0.25) is 0 Å². The molecule has 180 valence electrons. The van der Waals surface area contributed by atoms with Crippen LogP contribution in [0.5, 0.6) is 0 Å². The average Bonchev–Trinajstić information content (AvgIpc) is 3.14. The summed E-state index contributed by atoms with van der Waals surface area (Å²) in [5, 5.41) is 19.5. The van der Waals surface area contributed by atoms with Gasteiger partial charge in [0, 0.05) is 13.0 Å². The molecule has 1 aromatic heterocycles. The van der Waals surface area contributed by atoms with Crippen molar-refractivity contribution >= 4 is 11.9 Å². The van der Waals surface area contributed by atoms with E-state index in [-0.39, 0.29) is 17.9 Å². The molecule has 3 rings (SSSR count). The third-order valence-electron chi connectivity index (χ3n) is 5.35. The monoisotopic (exact) mass is 464 g/mol. The number of unbranched alkanes of at least 4 members (excludes halogenated alkanes) is 1. The number of hydrogen-bond acceptors (Lipinski definition) is 5. The lowest BCUT2D eigenvalue weighted by Gasteiger charge is -2.21. The summed E-state index contributed by atoms with van der Waals surface area (Å²) in [6, 6.07) is 15.1. The fourth-order valence-corrected chi connectivity index (χ4v) is 3.84. The summed E-state index contributed by atoms with van der Waals surface area (Å²) in [7, 11) is 0. The lowest BCUT2D eigenvalue weighted by atomic mass is 9.97. The summed E-state index contributed by atoms with van der Waals surface area (Å²) in [6.45, 7) is 7.25. The van der Waals surface area contributed by atoms with Crippen LogP contribution in [-0.4, -0.2) is 37.3 Å². The van der Waals surface area contributed by atoms with Crippen molar-refractivity contribution in [2.45, 2.75) is 65.7 Å². The van der Waals surface area contributed by atoms with E-state index in [0.717, 1.165) is 29.5 Å². The predicted octanol–water partition coefficient (Wildman–Crippen LogP) is 5.09. The average molecular weight is 465 g/mol. The van der Waals surface area contributed by atoms with Crippen molar-refractivity contribution in [3.8, 4) is 11.1 Å². The molecule has 0 radical (unpaired) electrons. The van der Waals surface area contributed by atoms with E-state index in [4.69, 9.17) is 4.74 Å². The minimum Gasteiger partial charge on any atom is -0.477 e. The summed E-state index contributed by atoms with van der Waals surface area (Å²) < 4.78 is 7.29. The molecule has 0 saturated carbocycles. The van der Waals surface area contributed by atoms with Crippen LogP contribution in [0.4, 0.5) is 0 Å². The zero-order valence-corrected chi connectivity index (χ0v) is 20.2. The normalized spacial score (nSPS) is 11.4. The molecule has 7 nitrogen and oxygen atoms in total. The Morgan fingerprint density at radius 1 is 1.09 bits per heavy atom. The van der Waals surface area contributed by atoms with Gasteiger partial charge in [0.2, 0.25) is 0 Å². The second-order valence-corrected chi connectivity index (χ2v) is 9.22. The molecule has 0 amide bonds. The highest BCUT2D eigenvalue weighted by atomic mass is 16.6. The summed E-state index contributed by atoms with van der Waals surface area (Å²) in [5.74, 6) is -0.985. The molecule has 0 unspecified atom stereocenters. The fraction of sp³-hybridized carbons (Fsp3) is 0.370. The molecule has 2 N–H and O–H groups in total. The first-order valence-corrected chi connectivity index (χ1v) is 11.5. The third kappa shape index (κ3) is 5.91. The highest BCUT2D eigenvalue weighted by Crippen LogP contribution is 2.28. The maximum Gasteiger partial charge on any atom is 0.354 e. The minimum absolute atomic E-state index is 0.0282. The number of carboxylic acid groups (broad SMARTS) is 1. The number of carboxylic acids is 1. The highest BCUT2D eigenvalue weighted by molar-refractivity contribution is 5.97. The first-order valence-electron chi connectivity index (χ1n) is 11.5. The van der Waals surface area contributed by atoms with Gasteiger partial charge in [-0.3, -0.25) is 0 Å². The second kappa shape index (κ2) is 10.7. The van der Waals surface area contributed by atoms with E-state index >= 15 is 0 Å². The van der Waals surface area contributed by atoms with E-state index in [9.17, 15) is 19.8 Å². The fourth-order valence-electron chi connectivity index (χ4n) is 3.84. The summed E-state index contributed by atoms with van der Waals surface area (Å²) in [6.07, 6.45) is 2.37. The van der Waals surface area contributed by atoms with Crippen LogP contribution in [-0.2, 0) is 24.3 Å². The minimum atomic E-state index is -1.15. The van der Waals surface area contributed by atoms with Gasteiger partial charge >= 0.3 is 11.9 Å². The van der Waals surface area contributed by atoms with Gasteiger partial charge in [0.1, 0.15) is 11.4 Å². The Balaban J connectivity index is 2.09. The Bertz CT molecular complexity index is 1160. The van der Waals surface area contributed by atoms with Crippen molar-refractivity contribution in [2.75, 3.05) is 0 Å². The number of aromatic carboxylic acids is 1. The lowest BCUT2D eigenvalue weighted by Crippen LogP contribution is -2.24. The standard InChI is InChI=1S/C27H32N2O5/c1-5-6-12-23-28-22(17-30)24(25(31)32)29(23)16-18-13-14-20(19-10-8-7-9-11-19)21(15-18)26(33)34-27(2,3)4/h7-11,13-15,30H,5-6,12,16-17H2,1-4H3,(H,31,32). The van der Waals surface area contributed by atoms with Crippen molar-refractivity contribution in [3.05, 3.63) is 76.9 Å². The Hall–Kier alpha value is -3.45. The quantitative estimate of drug-likeness (QED) is 0.428. The summed E-state index contributed by atoms with van der Waals surface area (Å²) in [5.41, 5.74) is 2.23. The van der Waals surface area contributed by atoms with Crippen molar-refractivity contribution in [1.82, 2.24) is 9.55 Å². The Morgan fingerprint density at radius 3 is 2.38 bits per heavy atom. The molecule has 3 aromatic rings. The van der Waals surface area contributed by atoms with E-state index in [2.05, 4.69) is 4.98 Å². The number of aryl methyl sites for hydroxylation is 1. The number of esters is 1. The van der Waals surface area contributed by atoms with Crippen molar-refractivity contribution in [2.24, 2.45) is 0 Å². The maximum atomic E-state index is 13.1. The third-order valence-corrected chi connectivity index (χ3v) is 5.35. The molecule has 0 atom stereocenters. The van der Waals surface area contributed by atoms with Crippen LogP contribution in [0.15, 0.2) is 48.5 Å². The number of ether oxygens (including phenoxy) is 1. The second-order valence-electron chi connectivity index (χ2n) is 9.22. The lowest BCUT2D eigenvalue weighted by molar-refractivity contribution is 0.00700. The van der Waals surface area contributed by atoms with Crippen molar-refractivity contribution in [3.63, 3.8) is 0 Å². The number of hydrogen-bond donors (Lipinski definition) is 2. The van der Waals surface area contributed by atoms with Crippen LogP contribution in [0.3, 0.4) is 0 Å². The smallest absolute Gasteiger partial charge is 0.354 e. The van der Waals surface area contributed by atoms with Gasteiger partial charge in [0.05, 0.1) is 17.9 Å². The van der Waals surface area contributed by atoms with Gasteiger partial charge < -0.3 is 19.5 Å². The molecule has 7 heteroatoms. The van der Waals surface area contributed by atoms with Crippen LogP contribution in [0.1, 0.15) is 78.5 Å². The molecule has 0 saturated heterocycles. The van der Waals surface area contributed by atoms with Gasteiger partial charge in [0.15, 0.2) is 5.69 Å². The van der Waals surface area contributed by atoms with E-state index in [1.54, 1.807) is 10.6 Å². The number of carbonyl (C=O) groups excluding carboxylic acids is 1. The molecular formula is C27H32N2O5. The maximum absolute atomic E-state index is 13.1. The Morgan fingerprint density at radius 2 is 1.79 bits per heavy atom. The van der Waals surface area contributed by atoms with Gasteiger partial charge in [-0.05, 0) is 49.9 Å². The summed E-state index contributed by atoms with van der Waals surface area (Å²) in [4.78, 5) is 29.5. The number of aromatic nitrogens is 2. The van der Waals surface area contributed by atoms with E-state index < -0.39 is 24.1 Å². The number of carbonyl (C=O) groups is 2. The molecule has 0 bridgehead atoms. The van der Waals surface area contributed by atoms with Crippen molar-refractivity contribution in [1.29, 1.82) is 0 Å². The van der Waals surface area contributed by atoms with E-state index in [1.165, 1.54) is 0 Å². The van der Waals surface area contributed by atoms with Gasteiger partial charge in [-0.1, -0.05) is 55.8 Å². The van der Waals surface area contributed by atoms with E-state index in [0.29, 0.717) is 17.8 Å². The van der Waals surface area contributed by atoms with E-state index in [1.807, 2.05) is 70.2 Å². The first kappa shape index (κ1) is 25.2. The molecule has 0 spiro atoms. The molecule has 0 aliphatic carbocycles. The number of nitrogens with zero attached hydrogens (tertiary/aromatic N) is 2. The van der Waals surface area contributed by atoms with Gasteiger partial charge in [0.25, 0.3) is 0 Å². The number of imidazole rings is 1. The molecule has 0 fully saturated rings. The SMILES string of the molecule is CCCCc1nc(CO)c(C(=O)O)n1Cc1ccc(-c2ccccc2)c(C(=O)OC(C)(C)C)c1. The topological polar surface area (TPSA) is 102 Å². The zero-order valence-electron chi connectivity index (χ0n) is 20.2. The molecule has 1 heterocycles. The van der Waals surface area contributed by atoms with Crippen molar-refractivity contribution < 1.29 is 24.5 Å². The molecule has 34 heavy (non-hydrogen) atoms. The van der Waals surface area contributed by atoms with Crippen LogP contribution in [0.25, 0.3) is 11.1 Å². The number of aliphatic hydroxyl groups excluding tert-OH is 1. The predicted molar refractivity (Wildman–Crippen MR) is 130 cm³/mol. The summed E-state index contributed by atoms with van der Waals surface area (Å²) >= 11 is 0. The van der Waals surface area contributed by atoms with Crippen LogP contribution >= 0.6 is 0 Å². The number of benzene rings is 2. The molecule has 2 aromatic carbocycles. The first-order chi connectivity index (χ1) is 16.1. The molecule has 0 aliphatic rings. The number of aliphatic hydroxyl groups is 1. The molecular weight excluding hydrogens is 432 g/mol. The van der Waals surface area contributed by atoms with Gasteiger partial charge in [-0.25, -0.2) is 14.6 Å². The molecule has 0 aliphatic heterocycles. The Kier molecular flexibility index (Phi) is 7.89. The Labute approximate surface area is 200 Å². The van der Waals surface area contributed by atoms with Crippen LogP contribution < -0.4 is 0 Å². The van der Waals surface area contributed by atoms with Gasteiger partial charge in [-0.15, -0.1) is 0 Å². The largest absolute Gasteiger partial charge is 0.477 e. The van der Waals surface area contributed by atoms with Gasteiger partial charge in [-0.2, -0.15) is 0 Å². The zero-order chi connectivity index (χ0) is 24.9. The number of rotatable bonds is 9.